The number of aromatic nitrogens is 2. The maximum Gasteiger partial charge on any atom is 0.162 e. The van der Waals surface area contributed by atoms with Gasteiger partial charge in [-0.05, 0) is 43.2 Å². The Labute approximate surface area is 186 Å². The predicted molar refractivity (Wildman–Crippen MR) is 128 cm³/mol. The molecule has 0 fully saturated rings. The molecule has 0 saturated heterocycles. The van der Waals surface area contributed by atoms with E-state index in [1.807, 2.05) is 25.1 Å². The van der Waals surface area contributed by atoms with Crippen LogP contribution in [0.1, 0.15) is 21.1 Å². The third kappa shape index (κ3) is 5.03. The third-order valence-electron chi connectivity index (χ3n) is 4.90. The number of aryl methyl sites for hydroxylation is 1. The molecule has 0 radical (unpaired) electrons. The summed E-state index contributed by atoms with van der Waals surface area (Å²) in [5.74, 6) is 2.81. The molecule has 0 atom stereocenters. The minimum Gasteiger partial charge on any atom is -0.493 e. The monoisotopic (exact) mass is 431 g/mol. The molecule has 158 valence electrons. The van der Waals surface area contributed by atoms with Crippen molar-refractivity contribution in [3.63, 3.8) is 0 Å². The van der Waals surface area contributed by atoms with Crippen LogP contribution in [0, 0.1) is 6.92 Å². The lowest BCUT2D eigenvalue weighted by Gasteiger charge is -2.12. The van der Waals surface area contributed by atoms with E-state index in [1.165, 1.54) is 15.3 Å². The third-order valence-corrected chi connectivity index (χ3v) is 5.95. The Morgan fingerprint density at radius 3 is 2.52 bits per heavy atom. The molecule has 4 aromatic rings. The van der Waals surface area contributed by atoms with Crippen LogP contribution in [0.3, 0.4) is 0 Å². The number of benzene rings is 2. The average Bonchev–Trinajstić information content (AvgIpc) is 3.25. The molecule has 31 heavy (non-hydrogen) atoms. The number of hydrogen-bond acceptors (Lipinski definition) is 6. The van der Waals surface area contributed by atoms with Crippen molar-refractivity contribution in [2.45, 2.75) is 19.9 Å². The van der Waals surface area contributed by atoms with Crippen LogP contribution >= 0.6 is 11.3 Å². The van der Waals surface area contributed by atoms with Gasteiger partial charge in [0.25, 0.3) is 0 Å². The van der Waals surface area contributed by atoms with E-state index in [2.05, 4.69) is 63.8 Å². The molecule has 0 unspecified atom stereocenters. The van der Waals surface area contributed by atoms with E-state index in [-0.39, 0.29) is 0 Å². The second-order valence-corrected chi connectivity index (χ2v) is 8.29. The molecule has 2 heterocycles. The molecule has 2 aromatic heterocycles. The normalized spacial score (nSPS) is 11.2. The number of fused-ring (bicyclic) bond motifs is 1. The van der Waals surface area contributed by atoms with E-state index < -0.39 is 0 Å². The van der Waals surface area contributed by atoms with Gasteiger partial charge in [-0.15, -0.1) is 11.3 Å². The van der Waals surface area contributed by atoms with Crippen molar-refractivity contribution >= 4 is 34.1 Å². The molecule has 0 aliphatic heterocycles. The predicted octanol–water partition coefficient (Wildman–Crippen LogP) is 5.88. The minimum atomic E-state index is 0.657. The van der Waals surface area contributed by atoms with Gasteiger partial charge in [-0.25, -0.2) is 9.97 Å². The molecule has 1 N–H and O–H groups in total. The Balaban J connectivity index is 1.48. The number of ether oxygens (including phenoxy) is 2. The van der Waals surface area contributed by atoms with Crippen LogP contribution in [0.5, 0.6) is 11.5 Å². The highest BCUT2D eigenvalue weighted by Gasteiger charge is 2.12. The van der Waals surface area contributed by atoms with Crippen LogP contribution in [0.25, 0.3) is 17.0 Å². The number of nitrogens with zero attached hydrogens (tertiary/aromatic N) is 2. The summed E-state index contributed by atoms with van der Waals surface area (Å²) in [6.45, 7) is 2.58. The number of nitrogens with one attached hydrogen (secondary N) is 1. The number of anilines is 1. The molecule has 0 bridgehead atoms. The van der Waals surface area contributed by atoms with Gasteiger partial charge in [0.05, 0.1) is 26.3 Å². The summed E-state index contributed by atoms with van der Waals surface area (Å²) in [6.07, 6.45) is 5.33. The summed E-state index contributed by atoms with van der Waals surface area (Å²) in [6, 6.07) is 18.6. The first-order valence-corrected chi connectivity index (χ1v) is 10.9. The molecule has 6 heteroatoms. The Bertz CT molecular complexity index is 1200. The van der Waals surface area contributed by atoms with Gasteiger partial charge in [0.2, 0.25) is 0 Å². The van der Waals surface area contributed by atoms with Gasteiger partial charge >= 0.3 is 0 Å². The van der Waals surface area contributed by atoms with Crippen molar-refractivity contribution in [3.05, 3.63) is 81.8 Å². The largest absolute Gasteiger partial charge is 0.493 e. The summed E-state index contributed by atoms with van der Waals surface area (Å²) >= 11 is 1.77. The number of hydrogen-bond donors (Lipinski definition) is 1. The van der Waals surface area contributed by atoms with Gasteiger partial charge in [-0.1, -0.05) is 36.4 Å². The van der Waals surface area contributed by atoms with Gasteiger partial charge in [0, 0.05) is 21.2 Å². The van der Waals surface area contributed by atoms with Crippen LogP contribution in [-0.2, 0) is 13.0 Å². The highest BCUT2D eigenvalue weighted by molar-refractivity contribution is 7.12. The zero-order chi connectivity index (χ0) is 21.6. The summed E-state index contributed by atoms with van der Waals surface area (Å²) in [7, 11) is 3.25. The van der Waals surface area contributed by atoms with E-state index in [1.54, 1.807) is 25.6 Å². The first-order chi connectivity index (χ1) is 15.2. The van der Waals surface area contributed by atoms with Crippen molar-refractivity contribution in [2.75, 3.05) is 19.5 Å². The van der Waals surface area contributed by atoms with E-state index >= 15 is 0 Å². The van der Waals surface area contributed by atoms with E-state index in [4.69, 9.17) is 9.47 Å². The van der Waals surface area contributed by atoms with Crippen molar-refractivity contribution in [2.24, 2.45) is 0 Å². The topological polar surface area (TPSA) is 56.3 Å². The van der Waals surface area contributed by atoms with Gasteiger partial charge in [-0.2, -0.15) is 0 Å². The Hall–Kier alpha value is -3.38. The summed E-state index contributed by atoms with van der Waals surface area (Å²) in [4.78, 5) is 11.6. The summed E-state index contributed by atoms with van der Waals surface area (Å²) < 4.78 is 10.9. The van der Waals surface area contributed by atoms with Crippen LogP contribution < -0.4 is 14.8 Å². The fourth-order valence-corrected chi connectivity index (χ4v) is 4.27. The first kappa shape index (κ1) is 20.9. The van der Waals surface area contributed by atoms with Crippen LogP contribution in [0.2, 0.25) is 0 Å². The van der Waals surface area contributed by atoms with Crippen molar-refractivity contribution in [1.82, 2.24) is 9.97 Å². The highest BCUT2D eigenvalue weighted by Crippen LogP contribution is 2.34. The quantitative estimate of drug-likeness (QED) is 0.377. The van der Waals surface area contributed by atoms with Crippen LogP contribution in [0.4, 0.5) is 5.82 Å². The Morgan fingerprint density at radius 1 is 0.968 bits per heavy atom. The molecule has 0 aliphatic carbocycles. The number of methoxy groups -OCH3 is 2. The molecule has 5 nitrogen and oxygen atoms in total. The molecular formula is C25H25N3O2S. The minimum absolute atomic E-state index is 0.657. The number of thiophene rings is 1. The Morgan fingerprint density at radius 2 is 1.74 bits per heavy atom. The van der Waals surface area contributed by atoms with Gasteiger partial charge < -0.3 is 14.8 Å². The van der Waals surface area contributed by atoms with Crippen LogP contribution in [0.15, 0.2) is 60.7 Å². The first-order valence-electron chi connectivity index (χ1n) is 10.1. The van der Waals surface area contributed by atoms with Crippen LogP contribution in [-0.4, -0.2) is 24.2 Å². The zero-order valence-electron chi connectivity index (χ0n) is 17.9. The van der Waals surface area contributed by atoms with E-state index in [9.17, 15) is 0 Å². The fraction of sp³-hybridized carbons (Fsp3) is 0.200. The van der Waals surface area contributed by atoms with Gasteiger partial charge in [0.1, 0.15) is 11.6 Å². The maximum atomic E-state index is 5.45. The molecular weight excluding hydrogens is 406 g/mol. The lowest BCUT2D eigenvalue weighted by Crippen LogP contribution is -2.04. The van der Waals surface area contributed by atoms with Crippen molar-refractivity contribution in [3.8, 4) is 11.5 Å². The smallest absolute Gasteiger partial charge is 0.162 e. The number of allylic oxidation sites excluding steroid dienone is 1. The molecule has 0 aliphatic rings. The van der Waals surface area contributed by atoms with E-state index in [0.717, 1.165) is 23.1 Å². The molecule has 2 aromatic carbocycles. The summed E-state index contributed by atoms with van der Waals surface area (Å²) in [5.41, 5.74) is 2.14. The zero-order valence-corrected chi connectivity index (χ0v) is 18.7. The molecule has 4 rings (SSSR count). The number of rotatable bonds is 8. The average molecular weight is 432 g/mol. The van der Waals surface area contributed by atoms with E-state index in [0.29, 0.717) is 23.9 Å². The second-order valence-electron chi connectivity index (χ2n) is 7.09. The fourth-order valence-electron chi connectivity index (χ4n) is 3.38. The Kier molecular flexibility index (Phi) is 6.48. The second kappa shape index (κ2) is 9.62. The standard InChI is InChI=1S/C25H25N3O2S/c1-17-27-22-15-24(30-3)23(29-2)14-21(22)25(28-17)26-16-20-13-12-19(31-20)11-7-10-18-8-5-4-6-9-18/h4-9,11-15H,10,16H2,1-3H3,(H,26,27,28)/b11-7+. The SMILES string of the molecule is COc1cc2nc(C)nc(NCc3ccc(/C=C/Cc4ccccc4)s3)c2cc1OC. The molecule has 0 amide bonds. The van der Waals surface area contributed by atoms with Gasteiger partial charge in [0.15, 0.2) is 11.5 Å². The lowest BCUT2D eigenvalue weighted by atomic mass is 10.1. The van der Waals surface area contributed by atoms with Gasteiger partial charge in [-0.3, -0.25) is 0 Å². The molecule has 0 spiro atoms. The molecule has 0 saturated carbocycles. The highest BCUT2D eigenvalue weighted by atomic mass is 32.1. The van der Waals surface area contributed by atoms with Crippen molar-refractivity contribution in [1.29, 1.82) is 0 Å². The van der Waals surface area contributed by atoms with Crippen molar-refractivity contribution < 1.29 is 9.47 Å². The lowest BCUT2D eigenvalue weighted by molar-refractivity contribution is 0.356. The maximum absolute atomic E-state index is 5.45. The summed E-state index contributed by atoms with van der Waals surface area (Å²) in [5, 5.41) is 4.37.